The number of hydrogen-bond donors (Lipinski definition) is 1. The van der Waals surface area contributed by atoms with Crippen LogP contribution < -0.4 is 0 Å². The van der Waals surface area contributed by atoms with Crippen molar-refractivity contribution in [2.45, 2.75) is 64.7 Å². The van der Waals surface area contributed by atoms with Crippen LogP contribution in [0.3, 0.4) is 0 Å². The Morgan fingerprint density at radius 2 is 1.92 bits per heavy atom. The Hall–Kier alpha value is 0.137. The lowest BCUT2D eigenvalue weighted by molar-refractivity contribution is -0.0254. The second kappa shape index (κ2) is 6.57. The molecular formula is C10H24O2Si. The molecule has 0 saturated heterocycles. The minimum Gasteiger partial charge on any atom is -0.399 e. The van der Waals surface area contributed by atoms with Crippen LogP contribution in [0.4, 0.5) is 0 Å². The van der Waals surface area contributed by atoms with Gasteiger partial charge < -0.3 is 9.53 Å². The van der Waals surface area contributed by atoms with Crippen LogP contribution in [0.15, 0.2) is 0 Å². The van der Waals surface area contributed by atoms with E-state index in [1.54, 1.807) is 0 Å². The molecule has 13 heavy (non-hydrogen) atoms. The van der Waals surface area contributed by atoms with Crippen molar-refractivity contribution in [2.24, 2.45) is 0 Å². The van der Waals surface area contributed by atoms with Gasteiger partial charge in [-0.25, -0.2) is 0 Å². The number of unbranched alkanes of at least 4 members (excludes halogenated alkanes) is 2. The summed E-state index contributed by atoms with van der Waals surface area (Å²) in [4.78, 5) is 0. The fourth-order valence-electron chi connectivity index (χ4n) is 0.998. The van der Waals surface area contributed by atoms with E-state index >= 15 is 0 Å². The maximum atomic E-state index is 9.45. The molecule has 1 atom stereocenters. The highest BCUT2D eigenvalue weighted by Gasteiger charge is 2.14. The smallest absolute Gasteiger partial charge is 0.170 e. The molecule has 2 nitrogen and oxygen atoms in total. The van der Waals surface area contributed by atoms with Gasteiger partial charge in [0.1, 0.15) is 6.29 Å². The first kappa shape index (κ1) is 13.1. The largest absolute Gasteiger partial charge is 0.399 e. The van der Waals surface area contributed by atoms with E-state index < -0.39 is 16.1 Å². The number of hydrogen-bond acceptors (Lipinski definition) is 2. The summed E-state index contributed by atoms with van der Waals surface area (Å²) >= 11 is 0. The van der Waals surface area contributed by atoms with Crippen LogP contribution in [0.2, 0.25) is 5.04 Å². The van der Waals surface area contributed by atoms with E-state index in [0.717, 1.165) is 12.8 Å². The summed E-state index contributed by atoms with van der Waals surface area (Å²) in [5.41, 5.74) is 0. The highest BCUT2D eigenvalue weighted by molar-refractivity contribution is 6.31. The molecule has 0 spiro atoms. The van der Waals surface area contributed by atoms with Crippen molar-refractivity contribution in [3.05, 3.63) is 0 Å². The van der Waals surface area contributed by atoms with Crippen molar-refractivity contribution in [2.75, 3.05) is 0 Å². The quantitative estimate of drug-likeness (QED) is 0.408. The third-order valence-electron chi connectivity index (χ3n) is 1.76. The summed E-state index contributed by atoms with van der Waals surface area (Å²) in [5.74, 6) is 0. The predicted octanol–water partition coefficient (Wildman–Crippen LogP) is 2.20. The van der Waals surface area contributed by atoms with Gasteiger partial charge in [-0.3, -0.25) is 0 Å². The molecule has 0 aromatic rings. The van der Waals surface area contributed by atoms with Gasteiger partial charge in [0.25, 0.3) is 0 Å². The second-order valence-corrected chi connectivity index (χ2v) is 7.57. The maximum Gasteiger partial charge on any atom is 0.170 e. The van der Waals surface area contributed by atoms with E-state index in [1.165, 1.54) is 12.8 Å². The van der Waals surface area contributed by atoms with E-state index in [9.17, 15) is 5.11 Å². The Kier molecular flexibility index (Phi) is 6.64. The minimum atomic E-state index is -0.582. The standard InChI is InChI=1S/C10H24O2Si/c1-5-6-7-8-9(11)12-13-10(2,3)4/h9,11H,5-8,13H2,1-4H3. The molecule has 0 bridgehead atoms. The number of rotatable bonds is 6. The summed E-state index contributed by atoms with van der Waals surface area (Å²) in [6.07, 6.45) is 3.77. The lowest BCUT2D eigenvalue weighted by Crippen LogP contribution is -2.20. The molecule has 1 N–H and O–H groups in total. The Bertz CT molecular complexity index is 121. The van der Waals surface area contributed by atoms with Crippen LogP contribution in [0.5, 0.6) is 0 Å². The molecule has 0 aromatic heterocycles. The molecule has 0 aliphatic carbocycles. The molecule has 1 unspecified atom stereocenters. The van der Waals surface area contributed by atoms with Crippen LogP contribution in [0.1, 0.15) is 53.4 Å². The van der Waals surface area contributed by atoms with Gasteiger partial charge in [-0.15, -0.1) is 0 Å². The Morgan fingerprint density at radius 1 is 1.31 bits per heavy atom. The van der Waals surface area contributed by atoms with Gasteiger partial charge in [-0.2, -0.15) is 0 Å². The van der Waals surface area contributed by atoms with Gasteiger partial charge in [0.15, 0.2) is 9.76 Å². The van der Waals surface area contributed by atoms with Crippen molar-refractivity contribution in [3.63, 3.8) is 0 Å². The molecule has 0 rings (SSSR count). The molecule has 0 heterocycles. The van der Waals surface area contributed by atoms with Crippen molar-refractivity contribution in [1.82, 2.24) is 0 Å². The molecule has 3 heteroatoms. The zero-order valence-corrected chi connectivity index (χ0v) is 10.9. The number of aliphatic hydroxyl groups is 1. The molecule has 0 radical (unpaired) electrons. The molecule has 0 amide bonds. The zero-order chi connectivity index (χ0) is 10.3. The average Bonchev–Trinajstić information content (AvgIpc) is 2.00. The van der Waals surface area contributed by atoms with Crippen molar-refractivity contribution in [1.29, 1.82) is 0 Å². The normalized spacial score (nSPS) is 15.5. The van der Waals surface area contributed by atoms with Crippen LogP contribution in [0.25, 0.3) is 0 Å². The van der Waals surface area contributed by atoms with Crippen molar-refractivity contribution >= 4 is 9.76 Å². The summed E-state index contributed by atoms with van der Waals surface area (Å²) in [5, 5.41) is 9.74. The molecule has 0 fully saturated rings. The Morgan fingerprint density at radius 3 is 2.38 bits per heavy atom. The van der Waals surface area contributed by atoms with Gasteiger partial charge >= 0.3 is 0 Å². The third kappa shape index (κ3) is 10.1. The van der Waals surface area contributed by atoms with E-state index in [0.29, 0.717) is 0 Å². The van der Waals surface area contributed by atoms with E-state index in [1.807, 2.05) is 0 Å². The van der Waals surface area contributed by atoms with Crippen LogP contribution in [-0.2, 0) is 4.43 Å². The fraction of sp³-hybridized carbons (Fsp3) is 1.00. The lowest BCUT2D eigenvalue weighted by Gasteiger charge is -2.20. The predicted molar refractivity (Wildman–Crippen MR) is 59.5 cm³/mol. The average molecular weight is 204 g/mol. The lowest BCUT2D eigenvalue weighted by atomic mass is 10.2. The second-order valence-electron chi connectivity index (χ2n) is 4.82. The zero-order valence-electron chi connectivity index (χ0n) is 9.47. The molecule has 0 saturated carbocycles. The first-order valence-corrected chi connectivity index (χ1v) is 6.54. The Labute approximate surface area is 84.6 Å². The van der Waals surface area contributed by atoms with Gasteiger partial charge in [0.2, 0.25) is 0 Å². The molecular weight excluding hydrogens is 180 g/mol. The molecule has 80 valence electrons. The van der Waals surface area contributed by atoms with Gasteiger partial charge in [0.05, 0.1) is 0 Å². The highest BCUT2D eigenvalue weighted by Crippen LogP contribution is 2.21. The first-order valence-electron chi connectivity index (χ1n) is 5.25. The SMILES string of the molecule is CCCCCC(O)O[SiH2]C(C)(C)C. The van der Waals surface area contributed by atoms with E-state index in [4.69, 9.17) is 4.43 Å². The van der Waals surface area contributed by atoms with Crippen LogP contribution in [-0.4, -0.2) is 21.2 Å². The molecule has 0 aliphatic heterocycles. The topological polar surface area (TPSA) is 29.5 Å². The third-order valence-corrected chi connectivity index (χ3v) is 3.18. The first-order chi connectivity index (χ1) is 5.95. The molecule has 0 aliphatic rings. The highest BCUT2D eigenvalue weighted by atomic mass is 28.2. The van der Waals surface area contributed by atoms with Gasteiger partial charge in [-0.05, 0) is 17.9 Å². The fourth-order valence-corrected chi connectivity index (χ4v) is 1.86. The maximum absolute atomic E-state index is 9.45. The van der Waals surface area contributed by atoms with Gasteiger partial charge in [-0.1, -0.05) is 40.5 Å². The summed E-state index contributed by atoms with van der Waals surface area (Å²) in [7, 11) is -0.582. The number of aliphatic hydroxyl groups excluding tert-OH is 1. The van der Waals surface area contributed by atoms with E-state index in [-0.39, 0.29) is 5.04 Å². The summed E-state index contributed by atoms with van der Waals surface area (Å²) < 4.78 is 5.45. The molecule has 0 aromatic carbocycles. The van der Waals surface area contributed by atoms with E-state index in [2.05, 4.69) is 27.7 Å². The minimum absolute atomic E-state index is 0.283. The van der Waals surface area contributed by atoms with Gasteiger partial charge in [0, 0.05) is 0 Å². The van der Waals surface area contributed by atoms with Crippen LogP contribution in [0, 0.1) is 0 Å². The Balaban J connectivity index is 3.35. The summed E-state index contributed by atoms with van der Waals surface area (Å²) in [6, 6.07) is 0. The van der Waals surface area contributed by atoms with Crippen molar-refractivity contribution < 1.29 is 9.53 Å². The van der Waals surface area contributed by atoms with Crippen LogP contribution >= 0.6 is 0 Å². The summed E-state index contributed by atoms with van der Waals surface area (Å²) in [6.45, 7) is 8.66. The van der Waals surface area contributed by atoms with Crippen molar-refractivity contribution in [3.8, 4) is 0 Å². The monoisotopic (exact) mass is 204 g/mol.